The molecule has 4 nitrogen and oxygen atoms in total. The number of aromatic amines is 1. The molecule has 1 fully saturated rings. The molecule has 1 aromatic heterocycles. The number of benzene rings is 1. The van der Waals surface area contributed by atoms with E-state index in [1.54, 1.807) is 13.3 Å². The van der Waals surface area contributed by atoms with Gasteiger partial charge in [-0.3, -0.25) is 5.10 Å². The van der Waals surface area contributed by atoms with Crippen LogP contribution in [0.5, 0.6) is 5.75 Å². The maximum atomic E-state index is 5.18. The van der Waals surface area contributed by atoms with Crippen LogP contribution in [0.2, 0.25) is 0 Å². The van der Waals surface area contributed by atoms with Crippen molar-refractivity contribution < 1.29 is 4.74 Å². The fourth-order valence-corrected chi connectivity index (χ4v) is 2.57. The average Bonchev–Trinajstić information content (AvgIpc) is 2.91. The van der Waals surface area contributed by atoms with Gasteiger partial charge in [-0.2, -0.15) is 5.10 Å². The summed E-state index contributed by atoms with van der Waals surface area (Å²) in [5.74, 6) is 1.61. The Morgan fingerprint density at radius 3 is 2.68 bits per heavy atom. The highest BCUT2D eigenvalue weighted by Gasteiger charge is 2.29. The molecule has 4 heteroatoms. The molecule has 1 aromatic carbocycles. The Labute approximate surface area is 113 Å². The summed E-state index contributed by atoms with van der Waals surface area (Å²) in [6.07, 6.45) is 4.21. The normalized spacial score (nSPS) is 21.9. The van der Waals surface area contributed by atoms with E-state index in [1.807, 2.05) is 18.2 Å². The highest BCUT2D eigenvalue weighted by molar-refractivity contribution is 5.30. The van der Waals surface area contributed by atoms with Crippen LogP contribution in [0.3, 0.4) is 0 Å². The van der Waals surface area contributed by atoms with Crippen LogP contribution in [0.1, 0.15) is 30.0 Å². The Morgan fingerprint density at radius 2 is 2.05 bits per heavy atom. The summed E-state index contributed by atoms with van der Waals surface area (Å²) in [7, 11) is 1.70. The Balaban J connectivity index is 1.46. The van der Waals surface area contributed by atoms with E-state index in [0.717, 1.165) is 18.0 Å². The number of hydrogen-bond acceptors (Lipinski definition) is 3. The van der Waals surface area contributed by atoms with Gasteiger partial charge in [0.25, 0.3) is 0 Å². The van der Waals surface area contributed by atoms with Crippen molar-refractivity contribution in [3.05, 3.63) is 47.8 Å². The second-order valence-corrected chi connectivity index (χ2v) is 5.10. The van der Waals surface area contributed by atoms with Gasteiger partial charge in [0.1, 0.15) is 5.75 Å². The molecule has 1 heterocycles. The van der Waals surface area contributed by atoms with Gasteiger partial charge >= 0.3 is 0 Å². The average molecular weight is 257 g/mol. The number of hydrogen-bond donors (Lipinski definition) is 2. The van der Waals surface area contributed by atoms with Crippen LogP contribution in [0, 0.1) is 0 Å². The summed E-state index contributed by atoms with van der Waals surface area (Å²) < 4.78 is 5.18. The van der Waals surface area contributed by atoms with Crippen LogP contribution in [0.15, 0.2) is 36.5 Å². The summed E-state index contributed by atoms with van der Waals surface area (Å²) in [5, 5.41) is 10.5. The Kier molecular flexibility index (Phi) is 3.51. The quantitative estimate of drug-likeness (QED) is 0.865. The molecular formula is C15H19N3O. The molecule has 0 bridgehead atoms. The lowest BCUT2D eigenvalue weighted by Gasteiger charge is -2.36. The van der Waals surface area contributed by atoms with Gasteiger partial charge in [0.2, 0.25) is 0 Å². The number of rotatable bonds is 5. The number of H-pyrrole nitrogens is 1. The standard InChI is InChI=1S/C15H19N3O/c1-19-15-4-2-11(3-5-15)12-8-14(9-12)16-10-13-6-7-17-18-13/h2-7,12,14,16H,8-10H2,1H3,(H,17,18). The van der Waals surface area contributed by atoms with Crippen LogP contribution >= 0.6 is 0 Å². The molecule has 0 radical (unpaired) electrons. The van der Waals surface area contributed by atoms with E-state index in [1.165, 1.54) is 18.4 Å². The number of nitrogens with zero attached hydrogens (tertiary/aromatic N) is 1. The minimum atomic E-state index is 0.621. The zero-order valence-corrected chi connectivity index (χ0v) is 11.1. The number of methoxy groups -OCH3 is 1. The van der Waals surface area contributed by atoms with Crippen LogP contribution in [-0.2, 0) is 6.54 Å². The van der Waals surface area contributed by atoms with E-state index < -0.39 is 0 Å². The van der Waals surface area contributed by atoms with Crippen molar-refractivity contribution in [3.63, 3.8) is 0 Å². The predicted molar refractivity (Wildman–Crippen MR) is 74.2 cm³/mol. The first-order chi connectivity index (χ1) is 9.35. The molecule has 100 valence electrons. The SMILES string of the molecule is COc1ccc(C2CC(NCc3ccn[nH]3)C2)cc1. The first-order valence-electron chi connectivity index (χ1n) is 6.71. The molecule has 2 N–H and O–H groups in total. The second-order valence-electron chi connectivity index (χ2n) is 5.10. The van der Waals surface area contributed by atoms with Crippen molar-refractivity contribution in [1.29, 1.82) is 0 Å². The lowest BCUT2D eigenvalue weighted by molar-refractivity contribution is 0.288. The fourth-order valence-electron chi connectivity index (χ4n) is 2.57. The van der Waals surface area contributed by atoms with E-state index in [-0.39, 0.29) is 0 Å². The van der Waals surface area contributed by atoms with Crippen LogP contribution < -0.4 is 10.1 Å². The zero-order valence-electron chi connectivity index (χ0n) is 11.1. The van der Waals surface area contributed by atoms with E-state index in [9.17, 15) is 0 Å². The topological polar surface area (TPSA) is 49.9 Å². The zero-order chi connectivity index (χ0) is 13.1. The van der Waals surface area contributed by atoms with Gasteiger partial charge in [0, 0.05) is 24.5 Å². The molecule has 0 unspecified atom stereocenters. The Hall–Kier alpha value is -1.81. The van der Waals surface area contributed by atoms with E-state index in [4.69, 9.17) is 4.74 Å². The van der Waals surface area contributed by atoms with Crippen molar-refractivity contribution in [1.82, 2.24) is 15.5 Å². The Bertz CT molecular complexity index is 501. The molecule has 1 aliphatic rings. The van der Waals surface area contributed by atoms with E-state index in [2.05, 4.69) is 27.6 Å². The van der Waals surface area contributed by atoms with Crippen molar-refractivity contribution in [2.24, 2.45) is 0 Å². The summed E-state index contributed by atoms with van der Waals surface area (Å²) in [6.45, 7) is 0.875. The Morgan fingerprint density at radius 1 is 1.26 bits per heavy atom. The molecule has 19 heavy (non-hydrogen) atoms. The van der Waals surface area contributed by atoms with Crippen molar-refractivity contribution in [3.8, 4) is 5.75 Å². The number of ether oxygens (including phenoxy) is 1. The molecule has 0 atom stereocenters. The molecule has 0 amide bonds. The van der Waals surface area contributed by atoms with Crippen molar-refractivity contribution >= 4 is 0 Å². The second kappa shape index (κ2) is 5.45. The lowest BCUT2D eigenvalue weighted by atomic mass is 9.76. The monoisotopic (exact) mass is 257 g/mol. The minimum Gasteiger partial charge on any atom is -0.497 e. The first kappa shape index (κ1) is 12.2. The molecule has 0 spiro atoms. The van der Waals surface area contributed by atoms with Gasteiger partial charge in [0.15, 0.2) is 0 Å². The lowest BCUT2D eigenvalue weighted by Crippen LogP contribution is -2.39. The van der Waals surface area contributed by atoms with E-state index in [0.29, 0.717) is 12.0 Å². The maximum absolute atomic E-state index is 5.18. The largest absolute Gasteiger partial charge is 0.497 e. The third kappa shape index (κ3) is 2.79. The summed E-state index contributed by atoms with van der Waals surface area (Å²) in [6, 6.07) is 11.1. The molecule has 0 aliphatic heterocycles. The highest BCUT2D eigenvalue weighted by Crippen LogP contribution is 2.37. The summed E-state index contributed by atoms with van der Waals surface area (Å²) in [4.78, 5) is 0. The van der Waals surface area contributed by atoms with Crippen LogP contribution in [0.25, 0.3) is 0 Å². The smallest absolute Gasteiger partial charge is 0.118 e. The third-order valence-electron chi connectivity index (χ3n) is 3.86. The van der Waals surface area contributed by atoms with Gasteiger partial charge in [-0.05, 0) is 42.5 Å². The van der Waals surface area contributed by atoms with Crippen molar-refractivity contribution in [2.75, 3.05) is 7.11 Å². The van der Waals surface area contributed by atoms with Gasteiger partial charge in [-0.15, -0.1) is 0 Å². The van der Waals surface area contributed by atoms with Crippen LogP contribution in [0.4, 0.5) is 0 Å². The summed E-state index contributed by atoms with van der Waals surface area (Å²) >= 11 is 0. The summed E-state index contributed by atoms with van der Waals surface area (Å²) in [5.41, 5.74) is 2.56. The highest BCUT2D eigenvalue weighted by atomic mass is 16.5. The molecule has 3 rings (SSSR count). The van der Waals surface area contributed by atoms with Gasteiger partial charge < -0.3 is 10.1 Å². The predicted octanol–water partition coefficient (Wildman–Crippen LogP) is 2.45. The van der Waals surface area contributed by atoms with Gasteiger partial charge in [-0.25, -0.2) is 0 Å². The maximum Gasteiger partial charge on any atom is 0.118 e. The fraction of sp³-hybridized carbons (Fsp3) is 0.400. The van der Waals surface area contributed by atoms with Crippen molar-refractivity contribution in [2.45, 2.75) is 31.3 Å². The molecular weight excluding hydrogens is 238 g/mol. The van der Waals surface area contributed by atoms with E-state index >= 15 is 0 Å². The number of aromatic nitrogens is 2. The minimum absolute atomic E-state index is 0.621. The molecule has 1 aliphatic carbocycles. The third-order valence-corrected chi connectivity index (χ3v) is 3.86. The van der Waals surface area contributed by atoms with Crippen LogP contribution in [-0.4, -0.2) is 23.3 Å². The number of nitrogens with one attached hydrogen (secondary N) is 2. The molecule has 2 aromatic rings. The van der Waals surface area contributed by atoms with Gasteiger partial charge in [0.05, 0.1) is 7.11 Å². The molecule has 1 saturated carbocycles. The van der Waals surface area contributed by atoms with Gasteiger partial charge in [-0.1, -0.05) is 12.1 Å². The first-order valence-corrected chi connectivity index (χ1v) is 6.71. The molecule has 0 saturated heterocycles.